The van der Waals surface area contributed by atoms with E-state index in [9.17, 15) is 9.59 Å². The van der Waals surface area contributed by atoms with E-state index in [0.717, 1.165) is 38.5 Å². The number of unbranched alkanes of at least 4 members (excludes halogenated alkanes) is 8. The van der Waals surface area contributed by atoms with Gasteiger partial charge in [0.05, 0.1) is 0 Å². The van der Waals surface area contributed by atoms with Crippen LogP contribution in [0.5, 0.6) is 0 Å². The number of pyridine rings is 1. The molecule has 0 saturated heterocycles. The zero-order valence-electron chi connectivity index (χ0n) is 21.2. The highest BCUT2D eigenvalue weighted by Crippen LogP contribution is 2.18. The van der Waals surface area contributed by atoms with Crippen LogP contribution < -0.4 is 5.32 Å². The van der Waals surface area contributed by atoms with Crippen molar-refractivity contribution in [2.45, 2.75) is 110 Å². The van der Waals surface area contributed by atoms with E-state index in [-0.39, 0.29) is 17.3 Å². The Balaban J connectivity index is 2.17. The molecule has 184 valence electrons. The Morgan fingerprint density at radius 1 is 0.939 bits per heavy atom. The molecule has 1 heterocycles. The number of carbonyl (C=O) groups excluding carboxylic acids is 2. The van der Waals surface area contributed by atoms with E-state index in [1.54, 1.807) is 18.3 Å². The third-order valence-electron chi connectivity index (χ3n) is 5.04. The summed E-state index contributed by atoms with van der Waals surface area (Å²) < 4.78 is 5.40. The number of esters is 1. The van der Waals surface area contributed by atoms with Gasteiger partial charge in [0.25, 0.3) is 0 Å². The first-order valence-electron chi connectivity index (χ1n) is 12.6. The number of hydrogen-bond donors (Lipinski definition) is 1. The minimum atomic E-state index is -0.603. The molecule has 0 spiro atoms. The van der Waals surface area contributed by atoms with Gasteiger partial charge in [-0.3, -0.25) is 4.79 Å². The lowest BCUT2D eigenvalue weighted by Crippen LogP contribution is -2.25. The molecule has 1 amide bonds. The number of amides is 1. The number of allylic oxidation sites excluding steroid dienone is 4. The van der Waals surface area contributed by atoms with Crippen molar-refractivity contribution in [3.05, 3.63) is 48.2 Å². The summed E-state index contributed by atoms with van der Waals surface area (Å²) in [5.41, 5.74) is -0.326. The molecule has 0 fully saturated rings. The molecule has 0 aromatic carbocycles. The van der Waals surface area contributed by atoms with Crippen LogP contribution >= 0.6 is 0 Å². The molecule has 0 aliphatic carbocycles. The van der Waals surface area contributed by atoms with Crippen LogP contribution in [0.3, 0.4) is 0 Å². The number of rotatable bonds is 16. The second-order valence-corrected chi connectivity index (χ2v) is 9.43. The van der Waals surface area contributed by atoms with Gasteiger partial charge in [0, 0.05) is 12.6 Å². The van der Waals surface area contributed by atoms with E-state index in [4.69, 9.17) is 4.74 Å². The third-order valence-corrected chi connectivity index (χ3v) is 5.04. The molecule has 0 saturated carbocycles. The minimum Gasteiger partial charge on any atom is -0.456 e. The highest BCUT2D eigenvalue weighted by molar-refractivity contribution is 6.00. The van der Waals surface area contributed by atoms with Crippen molar-refractivity contribution in [3.8, 4) is 0 Å². The van der Waals surface area contributed by atoms with E-state index < -0.39 is 11.6 Å². The predicted octanol–water partition coefficient (Wildman–Crippen LogP) is 7.79. The number of ether oxygens (including phenoxy) is 1. The molecule has 1 aromatic rings. The van der Waals surface area contributed by atoms with Crippen LogP contribution in [-0.4, -0.2) is 22.5 Å². The molecular weight excluding hydrogens is 412 g/mol. The van der Waals surface area contributed by atoms with Crippen LogP contribution in [0.1, 0.15) is 115 Å². The van der Waals surface area contributed by atoms with E-state index in [0.29, 0.717) is 6.42 Å². The summed E-state index contributed by atoms with van der Waals surface area (Å²) >= 11 is 0. The summed E-state index contributed by atoms with van der Waals surface area (Å²) in [6.07, 6.45) is 23.7. The molecule has 0 atom stereocenters. The maximum Gasteiger partial charge on any atom is 0.342 e. The highest BCUT2D eigenvalue weighted by Gasteiger charge is 2.21. The molecule has 5 heteroatoms. The number of nitrogens with one attached hydrogen (secondary N) is 1. The number of hydrogen-bond acceptors (Lipinski definition) is 4. The molecule has 5 nitrogen and oxygen atoms in total. The Labute approximate surface area is 201 Å². The summed E-state index contributed by atoms with van der Waals surface area (Å²) in [6, 6.07) is 3.28. The lowest BCUT2D eigenvalue weighted by atomic mass is 10.1. The third kappa shape index (κ3) is 15.1. The summed E-state index contributed by atoms with van der Waals surface area (Å²) in [7, 11) is 0. The van der Waals surface area contributed by atoms with Gasteiger partial charge >= 0.3 is 5.97 Å². The number of anilines is 1. The van der Waals surface area contributed by atoms with E-state index in [1.165, 1.54) is 32.1 Å². The van der Waals surface area contributed by atoms with Gasteiger partial charge in [-0.2, -0.15) is 0 Å². The molecule has 0 aliphatic rings. The lowest BCUT2D eigenvalue weighted by Gasteiger charge is -2.20. The normalized spacial score (nSPS) is 11.9. The van der Waals surface area contributed by atoms with E-state index in [2.05, 4.69) is 41.5 Å². The average molecular weight is 457 g/mol. The first-order chi connectivity index (χ1) is 15.8. The first-order valence-corrected chi connectivity index (χ1v) is 12.6. The highest BCUT2D eigenvalue weighted by atomic mass is 16.6. The van der Waals surface area contributed by atoms with Gasteiger partial charge in [-0.25, -0.2) is 9.78 Å². The van der Waals surface area contributed by atoms with Crippen molar-refractivity contribution in [2.24, 2.45) is 0 Å². The van der Waals surface area contributed by atoms with Crippen molar-refractivity contribution in [1.29, 1.82) is 0 Å². The molecule has 0 bridgehead atoms. The van der Waals surface area contributed by atoms with Gasteiger partial charge in [0.15, 0.2) is 0 Å². The summed E-state index contributed by atoms with van der Waals surface area (Å²) in [5.74, 6) is -0.349. The Kier molecular flexibility index (Phi) is 14.8. The van der Waals surface area contributed by atoms with E-state index in [1.807, 2.05) is 20.8 Å². The summed E-state index contributed by atoms with van der Waals surface area (Å²) in [6.45, 7) is 7.67. The monoisotopic (exact) mass is 456 g/mol. The zero-order chi connectivity index (χ0) is 24.4. The average Bonchev–Trinajstić information content (AvgIpc) is 2.75. The molecular formula is C28H44N2O3. The van der Waals surface area contributed by atoms with Crippen LogP contribution in [0.2, 0.25) is 0 Å². The Bertz CT molecular complexity index is 748. The second kappa shape index (κ2) is 17.1. The van der Waals surface area contributed by atoms with Gasteiger partial charge < -0.3 is 10.1 Å². The van der Waals surface area contributed by atoms with Crippen molar-refractivity contribution >= 4 is 17.7 Å². The fourth-order valence-electron chi connectivity index (χ4n) is 3.29. The maximum atomic E-state index is 12.3. The van der Waals surface area contributed by atoms with Crippen LogP contribution in [0.15, 0.2) is 42.6 Å². The van der Waals surface area contributed by atoms with Gasteiger partial charge in [-0.05, 0) is 71.4 Å². The Hall–Kier alpha value is -2.43. The van der Waals surface area contributed by atoms with Crippen LogP contribution in [0.4, 0.5) is 5.82 Å². The molecule has 1 aromatic heterocycles. The largest absolute Gasteiger partial charge is 0.456 e. The molecule has 0 radical (unpaired) electrons. The molecule has 33 heavy (non-hydrogen) atoms. The van der Waals surface area contributed by atoms with Gasteiger partial charge in [-0.1, -0.05) is 63.3 Å². The van der Waals surface area contributed by atoms with Gasteiger partial charge in [-0.15, -0.1) is 0 Å². The fourth-order valence-corrected chi connectivity index (χ4v) is 3.29. The van der Waals surface area contributed by atoms with Gasteiger partial charge in [0.1, 0.15) is 17.0 Å². The Morgan fingerprint density at radius 3 is 2.21 bits per heavy atom. The second-order valence-electron chi connectivity index (χ2n) is 9.43. The molecule has 1 N–H and O–H groups in total. The molecule has 1 rings (SSSR count). The Morgan fingerprint density at radius 2 is 1.58 bits per heavy atom. The molecule has 0 unspecified atom stereocenters. The van der Waals surface area contributed by atoms with Crippen LogP contribution in [-0.2, 0) is 9.53 Å². The SMILES string of the molecule is CCCCCC/C=C/C/C=C/CCCCCCC(=O)Nc1ncccc1C(=O)OC(C)(C)C. The first kappa shape index (κ1) is 28.6. The standard InChI is InChI=1S/C28H44N2O3/c1-5-6-7-8-9-10-11-12-13-14-15-16-17-18-19-22-25(31)30-26-24(21-20-23-29-26)27(32)33-28(2,3)4/h10-11,13-14,20-21,23H,5-9,12,15-19,22H2,1-4H3,(H,29,30,31)/b11-10+,14-13+. The maximum absolute atomic E-state index is 12.3. The zero-order valence-corrected chi connectivity index (χ0v) is 21.2. The topological polar surface area (TPSA) is 68.3 Å². The fraction of sp³-hybridized carbons (Fsp3) is 0.607. The smallest absolute Gasteiger partial charge is 0.342 e. The molecule has 0 aliphatic heterocycles. The van der Waals surface area contributed by atoms with Gasteiger partial charge in [0.2, 0.25) is 5.91 Å². The van der Waals surface area contributed by atoms with Crippen molar-refractivity contribution in [2.75, 3.05) is 5.32 Å². The summed E-state index contributed by atoms with van der Waals surface area (Å²) in [4.78, 5) is 28.8. The number of nitrogens with zero attached hydrogens (tertiary/aromatic N) is 1. The quantitative estimate of drug-likeness (QED) is 0.157. The minimum absolute atomic E-state index is 0.125. The predicted molar refractivity (Wildman–Crippen MR) is 137 cm³/mol. The number of aromatic nitrogens is 1. The van der Waals surface area contributed by atoms with Crippen molar-refractivity contribution in [1.82, 2.24) is 4.98 Å². The number of carbonyl (C=O) groups is 2. The van der Waals surface area contributed by atoms with Crippen molar-refractivity contribution in [3.63, 3.8) is 0 Å². The van der Waals surface area contributed by atoms with E-state index >= 15 is 0 Å². The van der Waals surface area contributed by atoms with Crippen LogP contribution in [0.25, 0.3) is 0 Å². The van der Waals surface area contributed by atoms with Crippen LogP contribution in [0, 0.1) is 0 Å². The lowest BCUT2D eigenvalue weighted by molar-refractivity contribution is -0.116. The van der Waals surface area contributed by atoms with Crippen molar-refractivity contribution < 1.29 is 14.3 Å². The summed E-state index contributed by atoms with van der Waals surface area (Å²) in [5, 5.41) is 2.76.